The summed E-state index contributed by atoms with van der Waals surface area (Å²) in [4.78, 5) is 17.0. The predicted molar refractivity (Wildman–Crippen MR) is 117 cm³/mol. The average molecular weight is 496 g/mol. The van der Waals surface area contributed by atoms with Crippen LogP contribution in [-0.4, -0.2) is 44.8 Å². The summed E-state index contributed by atoms with van der Waals surface area (Å²) >= 11 is 4.68. The molecule has 2 aromatic carbocycles. The predicted octanol–water partition coefficient (Wildman–Crippen LogP) is 4.08. The largest absolute Gasteiger partial charge is 0.495 e. The number of halogens is 1. The van der Waals surface area contributed by atoms with Gasteiger partial charge in [-0.05, 0) is 30.3 Å². The highest BCUT2D eigenvalue weighted by molar-refractivity contribution is 9.10. The number of methoxy groups -OCH3 is 1. The zero-order valence-corrected chi connectivity index (χ0v) is 19.1. The molecule has 3 rings (SSSR count). The second-order valence-corrected chi connectivity index (χ2v) is 10.0. The Labute approximate surface area is 181 Å². The Morgan fingerprint density at radius 3 is 2.48 bits per heavy atom. The summed E-state index contributed by atoms with van der Waals surface area (Å²) < 4.78 is 32.2. The highest BCUT2D eigenvalue weighted by Crippen LogP contribution is 2.29. The van der Waals surface area contributed by atoms with Crippen LogP contribution in [0.1, 0.15) is 10.4 Å². The van der Waals surface area contributed by atoms with Gasteiger partial charge in [0.15, 0.2) is 5.13 Å². The molecule has 152 valence electrons. The molecular formula is C19H18BrN3O4S2. The third-order valence-corrected chi connectivity index (χ3v) is 7.17. The van der Waals surface area contributed by atoms with E-state index in [-0.39, 0.29) is 16.2 Å². The topological polar surface area (TPSA) is 88.6 Å². The molecule has 1 heterocycles. The Balaban J connectivity index is 1.85. The van der Waals surface area contributed by atoms with Crippen LogP contribution >= 0.6 is 27.3 Å². The van der Waals surface area contributed by atoms with Crippen LogP contribution in [-0.2, 0) is 10.0 Å². The Morgan fingerprint density at radius 1 is 1.17 bits per heavy atom. The van der Waals surface area contributed by atoms with E-state index in [9.17, 15) is 13.2 Å². The van der Waals surface area contributed by atoms with Gasteiger partial charge in [0.25, 0.3) is 5.91 Å². The van der Waals surface area contributed by atoms with Crippen molar-refractivity contribution in [2.75, 3.05) is 26.5 Å². The van der Waals surface area contributed by atoms with Gasteiger partial charge >= 0.3 is 0 Å². The number of ether oxygens (including phenoxy) is 1. The van der Waals surface area contributed by atoms with Gasteiger partial charge in [0.05, 0.1) is 12.8 Å². The van der Waals surface area contributed by atoms with E-state index in [1.165, 1.54) is 50.7 Å². The van der Waals surface area contributed by atoms with Crippen molar-refractivity contribution in [2.45, 2.75) is 4.90 Å². The van der Waals surface area contributed by atoms with Gasteiger partial charge in [0.1, 0.15) is 10.6 Å². The van der Waals surface area contributed by atoms with E-state index in [0.717, 1.165) is 20.0 Å². The first kappa shape index (κ1) is 21.4. The van der Waals surface area contributed by atoms with Gasteiger partial charge in [0, 0.05) is 35.1 Å². The smallest absolute Gasteiger partial charge is 0.257 e. The quantitative estimate of drug-likeness (QED) is 0.556. The molecule has 0 aliphatic heterocycles. The van der Waals surface area contributed by atoms with Gasteiger partial charge in [-0.2, -0.15) is 0 Å². The maximum absolute atomic E-state index is 12.7. The lowest BCUT2D eigenvalue weighted by Crippen LogP contribution is -2.23. The summed E-state index contributed by atoms with van der Waals surface area (Å²) in [5.74, 6) is -0.290. The number of carbonyl (C=O) groups is 1. The van der Waals surface area contributed by atoms with Gasteiger partial charge < -0.3 is 4.74 Å². The number of carbonyl (C=O) groups excluding carboxylic acids is 1. The average Bonchev–Trinajstić information content (AvgIpc) is 3.16. The maximum Gasteiger partial charge on any atom is 0.257 e. The van der Waals surface area contributed by atoms with Crippen molar-refractivity contribution in [3.05, 3.63) is 57.9 Å². The fourth-order valence-electron chi connectivity index (χ4n) is 2.47. The molecule has 10 heteroatoms. The third-order valence-electron chi connectivity index (χ3n) is 4.05. The molecule has 0 saturated heterocycles. The minimum atomic E-state index is -3.77. The van der Waals surface area contributed by atoms with Gasteiger partial charge in [-0.25, -0.2) is 17.7 Å². The molecule has 0 fully saturated rings. The number of rotatable bonds is 6. The Hall–Kier alpha value is -2.27. The fourth-order valence-corrected chi connectivity index (χ4v) is 4.52. The molecule has 29 heavy (non-hydrogen) atoms. The fraction of sp³-hybridized carbons (Fsp3) is 0.158. The second kappa shape index (κ2) is 8.62. The molecule has 0 atom stereocenters. The van der Waals surface area contributed by atoms with Crippen molar-refractivity contribution in [1.82, 2.24) is 9.29 Å². The Bertz CT molecular complexity index is 1140. The highest BCUT2D eigenvalue weighted by atomic mass is 79.9. The standard InChI is InChI=1S/C19H18BrN3O4S2/c1-23(2)29(25,26)17-10-13(6-9-16(17)27-3)18(24)22-19-21-15(11-28-19)12-4-7-14(20)8-5-12/h4-11H,1-3H3,(H,21,22,24). The van der Waals surface area contributed by atoms with Crippen LogP contribution < -0.4 is 10.1 Å². The van der Waals surface area contributed by atoms with Crippen LogP contribution in [0.3, 0.4) is 0 Å². The molecule has 3 aromatic rings. The Kier molecular flexibility index (Phi) is 6.37. The molecule has 0 aliphatic carbocycles. The number of thiazole rings is 1. The van der Waals surface area contributed by atoms with Crippen LogP contribution in [0.5, 0.6) is 5.75 Å². The molecule has 0 aliphatic rings. The number of aromatic nitrogens is 1. The SMILES string of the molecule is COc1ccc(C(=O)Nc2nc(-c3ccc(Br)cc3)cs2)cc1S(=O)(=O)N(C)C. The van der Waals surface area contributed by atoms with Crippen LogP contribution in [0.15, 0.2) is 57.2 Å². The van der Waals surface area contributed by atoms with Gasteiger partial charge in [-0.1, -0.05) is 28.1 Å². The van der Waals surface area contributed by atoms with Crippen LogP contribution in [0.4, 0.5) is 5.13 Å². The molecule has 0 bridgehead atoms. The first-order valence-electron chi connectivity index (χ1n) is 8.36. The minimum Gasteiger partial charge on any atom is -0.495 e. The normalized spacial score (nSPS) is 11.5. The number of hydrogen-bond acceptors (Lipinski definition) is 6. The van der Waals surface area contributed by atoms with E-state index in [4.69, 9.17) is 4.74 Å². The van der Waals surface area contributed by atoms with Gasteiger partial charge in [-0.15, -0.1) is 11.3 Å². The van der Waals surface area contributed by atoms with Gasteiger partial charge in [0.2, 0.25) is 10.0 Å². The molecule has 1 N–H and O–H groups in total. The van der Waals surface area contributed by atoms with Crippen LogP contribution in [0.2, 0.25) is 0 Å². The Morgan fingerprint density at radius 2 is 1.86 bits per heavy atom. The lowest BCUT2D eigenvalue weighted by molar-refractivity contribution is 0.102. The number of nitrogens with zero attached hydrogens (tertiary/aromatic N) is 2. The van der Waals surface area contributed by atoms with Crippen molar-refractivity contribution in [1.29, 1.82) is 0 Å². The zero-order chi connectivity index (χ0) is 21.2. The maximum atomic E-state index is 12.7. The van der Waals surface area contributed by atoms with Crippen molar-refractivity contribution in [3.8, 4) is 17.0 Å². The third kappa shape index (κ3) is 4.67. The van der Waals surface area contributed by atoms with E-state index in [2.05, 4.69) is 26.2 Å². The summed E-state index contributed by atoms with van der Waals surface area (Å²) in [7, 11) is 0.440. The summed E-state index contributed by atoms with van der Waals surface area (Å²) in [6.07, 6.45) is 0. The number of benzene rings is 2. The van der Waals surface area contributed by atoms with E-state index in [0.29, 0.717) is 5.13 Å². The zero-order valence-electron chi connectivity index (χ0n) is 15.8. The first-order chi connectivity index (χ1) is 13.7. The summed E-state index contributed by atoms with van der Waals surface area (Å²) in [6.45, 7) is 0. The lowest BCUT2D eigenvalue weighted by atomic mass is 10.2. The number of sulfonamides is 1. The molecule has 1 amide bonds. The number of hydrogen-bond donors (Lipinski definition) is 1. The molecule has 0 radical (unpaired) electrons. The number of amides is 1. The summed E-state index contributed by atoms with van der Waals surface area (Å²) in [5.41, 5.74) is 1.85. The van der Waals surface area contributed by atoms with Gasteiger partial charge in [-0.3, -0.25) is 10.1 Å². The summed E-state index contributed by atoms with van der Waals surface area (Å²) in [6, 6.07) is 11.9. The van der Waals surface area contributed by atoms with Crippen molar-refractivity contribution >= 4 is 48.3 Å². The monoisotopic (exact) mass is 495 g/mol. The number of nitrogens with one attached hydrogen (secondary N) is 1. The lowest BCUT2D eigenvalue weighted by Gasteiger charge is -2.15. The molecule has 0 unspecified atom stereocenters. The molecule has 1 aromatic heterocycles. The van der Waals surface area contributed by atoms with E-state index in [1.54, 1.807) is 0 Å². The van der Waals surface area contributed by atoms with E-state index >= 15 is 0 Å². The van der Waals surface area contributed by atoms with E-state index in [1.807, 2.05) is 29.6 Å². The number of anilines is 1. The molecule has 0 spiro atoms. The van der Waals surface area contributed by atoms with Crippen molar-refractivity contribution in [2.24, 2.45) is 0 Å². The van der Waals surface area contributed by atoms with E-state index < -0.39 is 15.9 Å². The van der Waals surface area contributed by atoms with Crippen molar-refractivity contribution < 1.29 is 17.9 Å². The highest BCUT2D eigenvalue weighted by Gasteiger charge is 2.24. The first-order valence-corrected chi connectivity index (χ1v) is 11.5. The second-order valence-electron chi connectivity index (χ2n) is 6.15. The summed E-state index contributed by atoms with van der Waals surface area (Å²) in [5, 5.41) is 4.97. The van der Waals surface area contributed by atoms with Crippen LogP contribution in [0.25, 0.3) is 11.3 Å². The molecule has 0 saturated carbocycles. The van der Waals surface area contributed by atoms with Crippen molar-refractivity contribution in [3.63, 3.8) is 0 Å². The molecule has 7 nitrogen and oxygen atoms in total. The minimum absolute atomic E-state index is 0.0765. The van der Waals surface area contributed by atoms with Crippen LogP contribution in [0, 0.1) is 0 Å². The molecular weight excluding hydrogens is 478 g/mol.